The minimum Gasteiger partial charge on any atom is -0.481 e. The molecule has 17 heavy (non-hydrogen) atoms. The molecular weight excluding hydrogens is 240 g/mol. The van der Waals surface area contributed by atoms with Crippen LogP contribution in [0.3, 0.4) is 0 Å². The molecule has 0 spiro atoms. The third-order valence-electron chi connectivity index (χ3n) is 3.21. The first-order chi connectivity index (χ1) is 7.83. The average molecular weight is 254 g/mol. The molecular formula is C12H14O4S. The molecule has 2 atom stereocenters. The van der Waals surface area contributed by atoms with Gasteiger partial charge in [-0.05, 0) is 25.0 Å². The Balaban J connectivity index is 2.47. The molecule has 0 radical (unpaired) electrons. The van der Waals surface area contributed by atoms with E-state index in [4.69, 9.17) is 5.11 Å². The maximum Gasteiger partial charge on any atom is 0.309 e. The van der Waals surface area contributed by atoms with E-state index in [0.29, 0.717) is 5.56 Å². The number of rotatable bonds is 2. The van der Waals surface area contributed by atoms with Gasteiger partial charge in [0.2, 0.25) is 0 Å². The fourth-order valence-electron chi connectivity index (χ4n) is 2.33. The van der Waals surface area contributed by atoms with Crippen LogP contribution in [0.2, 0.25) is 0 Å². The van der Waals surface area contributed by atoms with E-state index in [2.05, 4.69) is 0 Å². The minimum absolute atomic E-state index is 0.250. The van der Waals surface area contributed by atoms with Crippen molar-refractivity contribution in [2.24, 2.45) is 5.92 Å². The van der Waals surface area contributed by atoms with Gasteiger partial charge in [0.05, 0.1) is 11.7 Å². The molecule has 1 aliphatic rings. The molecule has 1 aliphatic heterocycles. The number of hydrogen-bond acceptors (Lipinski definition) is 3. The highest BCUT2D eigenvalue weighted by Crippen LogP contribution is 2.43. The largest absolute Gasteiger partial charge is 0.481 e. The maximum atomic E-state index is 11.7. The predicted octanol–water partition coefficient (Wildman–Crippen LogP) is 1.47. The van der Waals surface area contributed by atoms with E-state index < -0.39 is 27.0 Å². The Hall–Kier alpha value is -1.36. The smallest absolute Gasteiger partial charge is 0.309 e. The number of carboxylic acid groups (broad SMARTS) is 1. The van der Waals surface area contributed by atoms with Crippen LogP contribution in [0.25, 0.3) is 0 Å². The van der Waals surface area contributed by atoms with Gasteiger partial charge in [-0.1, -0.05) is 23.8 Å². The van der Waals surface area contributed by atoms with Crippen molar-refractivity contribution >= 4 is 15.8 Å². The predicted molar refractivity (Wildman–Crippen MR) is 63.6 cm³/mol. The second-order valence-corrected chi connectivity index (χ2v) is 6.72. The van der Waals surface area contributed by atoms with Crippen molar-refractivity contribution in [2.75, 3.05) is 5.75 Å². The Kier molecular flexibility index (Phi) is 2.73. The molecule has 1 N–H and O–H groups in total. The molecule has 1 fully saturated rings. The lowest BCUT2D eigenvalue weighted by Crippen LogP contribution is -2.45. The maximum absolute atomic E-state index is 11.7. The summed E-state index contributed by atoms with van der Waals surface area (Å²) in [5.74, 6) is -2.09. The molecule has 5 heteroatoms. The van der Waals surface area contributed by atoms with E-state index in [1.54, 1.807) is 6.07 Å². The van der Waals surface area contributed by atoms with Crippen LogP contribution in [-0.2, 0) is 14.6 Å². The van der Waals surface area contributed by atoms with Crippen LogP contribution in [-0.4, -0.2) is 25.2 Å². The summed E-state index contributed by atoms with van der Waals surface area (Å²) in [6, 6.07) is 5.42. The van der Waals surface area contributed by atoms with Crippen LogP contribution in [0, 0.1) is 19.8 Å². The topological polar surface area (TPSA) is 71.4 Å². The van der Waals surface area contributed by atoms with Crippen molar-refractivity contribution in [1.29, 1.82) is 0 Å². The van der Waals surface area contributed by atoms with Crippen LogP contribution in [0.15, 0.2) is 18.2 Å². The van der Waals surface area contributed by atoms with E-state index >= 15 is 0 Å². The molecule has 2 unspecified atom stereocenters. The van der Waals surface area contributed by atoms with Crippen molar-refractivity contribution < 1.29 is 18.3 Å². The number of carbonyl (C=O) groups is 1. The van der Waals surface area contributed by atoms with Crippen molar-refractivity contribution in [3.63, 3.8) is 0 Å². The SMILES string of the molecule is Cc1ccc(C2C(C(=O)O)CS2(=O)=O)c(C)c1. The molecule has 1 saturated heterocycles. The van der Waals surface area contributed by atoms with Crippen LogP contribution in [0.4, 0.5) is 0 Å². The highest BCUT2D eigenvalue weighted by atomic mass is 32.2. The van der Waals surface area contributed by atoms with Gasteiger partial charge in [0.25, 0.3) is 0 Å². The van der Waals surface area contributed by atoms with Gasteiger partial charge in [-0.2, -0.15) is 0 Å². The summed E-state index contributed by atoms with van der Waals surface area (Å²) in [5.41, 5.74) is 2.49. The molecule has 92 valence electrons. The van der Waals surface area contributed by atoms with Crippen molar-refractivity contribution in [3.05, 3.63) is 34.9 Å². The number of hydrogen-bond donors (Lipinski definition) is 1. The third kappa shape index (κ3) is 1.95. The molecule has 1 aromatic rings. The lowest BCUT2D eigenvalue weighted by atomic mass is 9.94. The van der Waals surface area contributed by atoms with Crippen LogP contribution in [0.1, 0.15) is 21.9 Å². The number of carboxylic acids is 1. The Labute approximate surface area is 100 Å². The Morgan fingerprint density at radius 2 is 2.00 bits per heavy atom. The molecule has 0 saturated carbocycles. The summed E-state index contributed by atoms with van der Waals surface area (Å²) >= 11 is 0. The Morgan fingerprint density at radius 1 is 1.35 bits per heavy atom. The molecule has 0 aromatic heterocycles. The average Bonchev–Trinajstić information content (AvgIpc) is 2.19. The summed E-state index contributed by atoms with van der Waals surface area (Å²) in [6.45, 7) is 3.73. The lowest BCUT2D eigenvalue weighted by molar-refractivity contribution is -0.141. The zero-order valence-corrected chi connectivity index (χ0v) is 10.5. The van der Waals surface area contributed by atoms with Crippen LogP contribution < -0.4 is 0 Å². The number of benzene rings is 1. The molecule has 1 aromatic carbocycles. The third-order valence-corrected chi connectivity index (χ3v) is 5.39. The summed E-state index contributed by atoms with van der Waals surface area (Å²) in [5, 5.41) is 8.10. The van der Waals surface area contributed by atoms with Crippen molar-refractivity contribution in [1.82, 2.24) is 0 Å². The zero-order chi connectivity index (χ0) is 12.8. The standard InChI is InChI=1S/C12H14O4S/c1-7-3-4-9(8(2)5-7)11-10(12(13)14)6-17(11,15)16/h3-5,10-11H,6H2,1-2H3,(H,13,14). The summed E-state index contributed by atoms with van der Waals surface area (Å²) in [6.07, 6.45) is 0. The van der Waals surface area contributed by atoms with E-state index in [9.17, 15) is 13.2 Å². The van der Waals surface area contributed by atoms with E-state index in [-0.39, 0.29) is 5.75 Å². The highest BCUT2D eigenvalue weighted by Gasteiger charge is 2.51. The van der Waals surface area contributed by atoms with E-state index in [0.717, 1.165) is 11.1 Å². The number of aryl methyl sites for hydroxylation is 2. The molecule has 0 amide bonds. The van der Waals surface area contributed by atoms with Gasteiger partial charge in [-0.15, -0.1) is 0 Å². The first-order valence-electron chi connectivity index (χ1n) is 5.34. The first kappa shape index (κ1) is 12.1. The molecule has 0 bridgehead atoms. The second-order valence-electron chi connectivity index (χ2n) is 4.55. The molecule has 2 rings (SSSR count). The molecule has 0 aliphatic carbocycles. The fraction of sp³-hybridized carbons (Fsp3) is 0.417. The van der Waals surface area contributed by atoms with E-state index in [1.165, 1.54) is 0 Å². The minimum atomic E-state index is -3.29. The summed E-state index contributed by atoms with van der Waals surface area (Å²) < 4.78 is 23.4. The van der Waals surface area contributed by atoms with Crippen LogP contribution in [0.5, 0.6) is 0 Å². The molecule has 1 heterocycles. The van der Waals surface area contributed by atoms with Crippen molar-refractivity contribution in [2.45, 2.75) is 19.1 Å². The van der Waals surface area contributed by atoms with Gasteiger partial charge in [-0.3, -0.25) is 4.79 Å². The normalized spacial score (nSPS) is 26.2. The number of sulfone groups is 1. The van der Waals surface area contributed by atoms with Crippen LogP contribution >= 0.6 is 0 Å². The zero-order valence-electron chi connectivity index (χ0n) is 9.67. The fourth-order valence-corrected chi connectivity index (χ4v) is 4.37. The lowest BCUT2D eigenvalue weighted by Gasteiger charge is -2.34. The van der Waals surface area contributed by atoms with E-state index in [1.807, 2.05) is 26.0 Å². The van der Waals surface area contributed by atoms with Gasteiger partial charge in [0, 0.05) is 0 Å². The quantitative estimate of drug-likeness (QED) is 0.867. The monoisotopic (exact) mass is 254 g/mol. The number of aliphatic carboxylic acids is 1. The Bertz CT molecular complexity index is 574. The van der Waals surface area contributed by atoms with Crippen molar-refractivity contribution in [3.8, 4) is 0 Å². The first-order valence-corrected chi connectivity index (χ1v) is 7.06. The van der Waals surface area contributed by atoms with Gasteiger partial charge in [-0.25, -0.2) is 8.42 Å². The highest BCUT2D eigenvalue weighted by molar-refractivity contribution is 7.93. The Morgan fingerprint density at radius 3 is 2.47 bits per heavy atom. The van der Waals surface area contributed by atoms with Gasteiger partial charge >= 0.3 is 5.97 Å². The molecule has 4 nitrogen and oxygen atoms in total. The van der Waals surface area contributed by atoms with Gasteiger partial charge < -0.3 is 5.11 Å². The summed E-state index contributed by atoms with van der Waals surface area (Å²) in [7, 11) is -3.29. The van der Waals surface area contributed by atoms with Gasteiger partial charge in [0.1, 0.15) is 5.25 Å². The van der Waals surface area contributed by atoms with Gasteiger partial charge in [0.15, 0.2) is 9.84 Å². The summed E-state index contributed by atoms with van der Waals surface area (Å²) in [4.78, 5) is 11.0. The second kappa shape index (κ2) is 3.84.